The summed E-state index contributed by atoms with van der Waals surface area (Å²) in [4.78, 5) is 0. The minimum atomic E-state index is 0.0591. The van der Waals surface area contributed by atoms with Crippen molar-refractivity contribution in [3.8, 4) is 16.9 Å². The maximum atomic E-state index is 5.64. The largest absolute Gasteiger partial charge is 0.492 e. The average molecular weight is 227 g/mol. The highest BCUT2D eigenvalue weighted by molar-refractivity contribution is 5.63. The Morgan fingerprint density at radius 1 is 0.941 bits per heavy atom. The Hall–Kier alpha value is -1.80. The zero-order valence-corrected chi connectivity index (χ0v) is 9.97. The van der Waals surface area contributed by atoms with E-state index < -0.39 is 0 Å². The third-order valence-electron chi connectivity index (χ3n) is 2.47. The van der Waals surface area contributed by atoms with E-state index >= 15 is 0 Å². The van der Waals surface area contributed by atoms with Crippen LogP contribution in [0.25, 0.3) is 11.1 Å². The molecule has 0 heterocycles. The molecule has 0 bridgehead atoms. The Balaban J connectivity index is 2.08. The van der Waals surface area contributed by atoms with Gasteiger partial charge in [0, 0.05) is 6.04 Å². The molecule has 0 aliphatic heterocycles. The summed E-state index contributed by atoms with van der Waals surface area (Å²) in [5.41, 5.74) is 8.04. The molecule has 2 rings (SSSR count). The van der Waals surface area contributed by atoms with Gasteiger partial charge in [-0.3, -0.25) is 0 Å². The van der Waals surface area contributed by atoms with Gasteiger partial charge in [0.2, 0.25) is 0 Å². The Labute approximate surface area is 102 Å². The van der Waals surface area contributed by atoms with Crippen LogP contribution in [0.5, 0.6) is 5.75 Å². The van der Waals surface area contributed by atoms with Crippen LogP contribution in [0, 0.1) is 0 Å². The Morgan fingerprint density at radius 3 is 2.12 bits per heavy atom. The van der Waals surface area contributed by atoms with Crippen molar-refractivity contribution in [3.05, 3.63) is 54.6 Å². The molecule has 0 aliphatic carbocycles. The maximum Gasteiger partial charge on any atom is 0.119 e. The number of nitrogens with two attached hydrogens (primary N) is 1. The summed E-state index contributed by atoms with van der Waals surface area (Å²) in [7, 11) is 0. The third kappa shape index (κ3) is 3.33. The molecule has 2 aromatic carbocycles. The first-order valence-electron chi connectivity index (χ1n) is 5.79. The van der Waals surface area contributed by atoms with E-state index in [2.05, 4.69) is 24.3 Å². The topological polar surface area (TPSA) is 35.2 Å². The van der Waals surface area contributed by atoms with E-state index in [1.807, 2.05) is 37.3 Å². The van der Waals surface area contributed by atoms with Crippen molar-refractivity contribution in [1.82, 2.24) is 0 Å². The summed E-state index contributed by atoms with van der Waals surface area (Å²) in [5.74, 6) is 0.863. The van der Waals surface area contributed by atoms with E-state index in [9.17, 15) is 0 Å². The van der Waals surface area contributed by atoms with Gasteiger partial charge in [-0.1, -0.05) is 42.5 Å². The van der Waals surface area contributed by atoms with Gasteiger partial charge in [-0.15, -0.1) is 0 Å². The van der Waals surface area contributed by atoms with Crippen molar-refractivity contribution in [2.45, 2.75) is 13.0 Å². The fourth-order valence-electron chi connectivity index (χ4n) is 1.60. The Kier molecular flexibility index (Phi) is 3.78. The molecule has 0 fully saturated rings. The van der Waals surface area contributed by atoms with Gasteiger partial charge in [0.05, 0.1) is 0 Å². The summed E-state index contributed by atoms with van der Waals surface area (Å²) >= 11 is 0. The van der Waals surface area contributed by atoms with Gasteiger partial charge >= 0.3 is 0 Å². The molecule has 0 saturated carbocycles. The van der Waals surface area contributed by atoms with Gasteiger partial charge in [0.1, 0.15) is 12.4 Å². The second kappa shape index (κ2) is 5.51. The summed E-state index contributed by atoms with van der Waals surface area (Å²) < 4.78 is 5.53. The number of hydrogen-bond acceptors (Lipinski definition) is 2. The summed E-state index contributed by atoms with van der Waals surface area (Å²) in [6, 6.07) is 18.4. The molecule has 0 aromatic heterocycles. The lowest BCUT2D eigenvalue weighted by Crippen LogP contribution is -2.23. The quantitative estimate of drug-likeness (QED) is 0.871. The molecule has 0 saturated heterocycles. The highest BCUT2D eigenvalue weighted by atomic mass is 16.5. The molecule has 2 aromatic rings. The molecule has 2 nitrogen and oxygen atoms in total. The summed E-state index contributed by atoms with van der Waals surface area (Å²) in [6.45, 7) is 2.48. The molecule has 0 unspecified atom stereocenters. The van der Waals surface area contributed by atoms with Crippen LogP contribution in [0.4, 0.5) is 0 Å². The molecule has 0 amide bonds. The first-order valence-corrected chi connectivity index (χ1v) is 5.79. The Morgan fingerprint density at radius 2 is 1.53 bits per heavy atom. The molecule has 0 aliphatic rings. The fraction of sp³-hybridized carbons (Fsp3) is 0.200. The lowest BCUT2D eigenvalue weighted by molar-refractivity contribution is 0.296. The van der Waals surface area contributed by atoms with Crippen LogP contribution in [-0.2, 0) is 0 Å². The normalized spacial score (nSPS) is 12.1. The van der Waals surface area contributed by atoms with Crippen molar-refractivity contribution >= 4 is 0 Å². The predicted octanol–water partition coefficient (Wildman–Crippen LogP) is 3.08. The minimum absolute atomic E-state index is 0.0591. The van der Waals surface area contributed by atoms with Gasteiger partial charge in [0.25, 0.3) is 0 Å². The first-order chi connectivity index (χ1) is 8.25. The second-order valence-electron chi connectivity index (χ2n) is 4.18. The highest BCUT2D eigenvalue weighted by Crippen LogP contribution is 2.21. The van der Waals surface area contributed by atoms with Crippen LogP contribution in [0.3, 0.4) is 0 Å². The van der Waals surface area contributed by atoms with Crippen LogP contribution in [0.15, 0.2) is 54.6 Å². The zero-order chi connectivity index (χ0) is 12.1. The van der Waals surface area contributed by atoms with Crippen LogP contribution >= 0.6 is 0 Å². The van der Waals surface area contributed by atoms with Gasteiger partial charge in [-0.05, 0) is 30.2 Å². The van der Waals surface area contributed by atoms with E-state index in [1.165, 1.54) is 11.1 Å². The van der Waals surface area contributed by atoms with Gasteiger partial charge in [-0.2, -0.15) is 0 Å². The van der Waals surface area contributed by atoms with E-state index in [1.54, 1.807) is 0 Å². The molecule has 0 radical (unpaired) electrons. The maximum absolute atomic E-state index is 5.64. The minimum Gasteiger partial charge on any atom is -0.492 e. The summed E-state index contributed by atoms with van der Waals surface area (Å²) in [5, 5.41) is 0. The monoisotopic (exact) mass is 227 g/mol. The van der Waals surface area contributed by atoms with Gasteiger partial charge in [-0.25, -0.2) is 0 Å². The van der Waals surface area contributed by atoms with E-state index in [-0.39, 0.29) is 6.04 Å². The molecule has 17 heavy (non-hydrogen) atoms. The molecule has 0 spiro atoms. The number of ether oxygens (including phenoxy) is 1. The van der Waals surface area contributed by atoms with Crippen LogP contribution < -0.4 is 10.5 Å². The number of benzene rings is 2. The highest BCUT2D eigenvalue weighted by Gasteiger charge is 1.99. The number of rotatable bonds is 4. The molecular weight excluding hydrogens is 210 g/mol. The second-order valence-corrected chi connectivity index (χ2v) is 4.18. The summed E-state index contributed by atoms with van der Waals surface area (Å²) in [6.07, 6.45) is 0. The van der Waals surface area contributed by atoms with E-state index in [0.29, 0.717) is 6.61 Å². The standard InChI is InChI=1S/C15H17NO/c1-12(16)11-17-15-9-7-14(8-10-15)13-5-3-2-4-6-13/h2-10,12H,11,16H2,1H3/t12-/m1/s1. The zero-order valence-electron chi connectivity index (χ0n) is 9.97. The fourth-order valence-corrected chi connectivity index (χ4v) is 1.60. The first kappa shape index (κ1) is 11.7. The van der Waals surface area contributed by atoms with Crippen LogP contribution in [-0.4, -0.2) is 12.6 Å². The SMILES string of the molecule is C[C@@H](N)COc1ccc(-c2ccccc2)cc1. The number of hydrogen-bond donors (Lipinski definition) is 1. The van der Waals surface area contributed by atoms with Crippen molar-refractivity contribution in [1.29, 1.82) is 0 Å². The Bertz CT molecular complexity index is 448. The lowest BCUT2D eigenvalue weighted by Gasteiger charge is -2.09. The third-order valence-corrected chi connectivity index (χ3v) is 2.47. The molecule has 1 atom stereocenters. The molecule has 88 valence electrons. The van der Waals surface area contributed by atoms with Crippen molar-refractivity contribution in [2.24, 2.45) is 5.73 Å². The van der Waals surface area contributed by atoms with Gasteiger partial charge in [0.15, 0.2) is 0 Å². The average Bonchev–Trinajstić information content (AvgIpc) is 2.38. The van der Waals surface area contributed by atoms with E-state index in [4.69, 9.17) is 10.5 Å². The molecular formula is C15H17NO. The van der Waals surface area contributed by atoms with Crippen molar-refractivity contribution < 1.29 is 4.74 Å². The van der Waals surface area contributed by atoms with Gasteiger partial charge < -0.3 is 10.5 Å². The molecule has 2 heteroatoms. The predicted molar refractivity (Wildman–Crippen MR) is 71.0 cm³/mol. The van der Waals surface area contributed by atoms with E-state index in [0.717, 1.165) is 5.75 Å². The van der Waals surface area contributed by atoms with Crippen LogP contribution in [0.1, 0.15) is 6.92 Å². The lowest BCUT2D eigenvalue weighted by atomic mass is 10.1. The van der Waals surface area contributed by atoms with Crippen molar-refractivity contribution in [2.75, 3.05) is 6.61 Å². The molecule has 2 N–H and O–H groups in total. The smallest absolute Gasteiger partial charge is 0.119 e. The van der Waals surface area contributed by atoms with Crippen molar-refractivity contribution in [3.63, 3.8) is 0 Å². The van der Waals surface area contributed by atoms with Crippen LogP contribution in [0.2, 0.25) is 0 Å².